The number of methoxy groups -OCH3 is 1. The molecule has 6 heteroatoms. The molecule has 1 heterocycles. The van der Waals surface area contributed by atoms with E-state index >= 15 is 0 Å². The van der Waals surface area contributed by atoms with Crippen molar-refractivity contribution in [3.63, 3.8) is 0 Å². The molecule has 0 aliphatic rings. The van der Waals surface area contributed by atoms with Crippen molar-refractivity contribution in [3.05, 3.63) is 35.4 Å². The summed E-state index contributed by atoms with van der Waals surface area (Å²) in [5, 5.41) is 3.41. The van der Waals surface area contributed by atoms with Crippen LogP contribution in [0.4, 0.5) is 14.6 Å². The Morgan fingerprint density at radius 3 is 2.65 bits per heavy atom. The first-order chi connectivity index (χ1) is 8.11. The Kier molecular flexibility index (Phi) is 3.06. The number of aromatic nitrogens is 1. The zero-order valence-corrected chi connectivity index (χ0v) is 9.04. The minimum absolute atomic E-state index is 0.00156. The van der Waals surface area contributed by atoms with Crippen LogP contribution in [0.1, 0.15) is 5.56 Å². The second kappa shape index (κ2) is 4.50. The molecule has 0 spiro atoms. The third-order valence-electron chi connectivity index (χ3n) is 2.23. The van der Waals surface area contributed by atoms with Gasteiger partial charge in [0.25, 0.3) is 0 Å². The highest BCUT2D eigenvalue weighted by Gasteiger charge is 2.14. The van der Waals surface area contributed by atoms with Crippen LogP contribution in [0.15, 0.2) is 22.7 Å². The van der Waals surface area contributed by atoms with Gasteiger partial charge in [-0.05, 0) is 12.1 Å². The number of nitrogens with two attached hydrogens (primary N) is 1. The molecule has 0 radical (unpaired) electrons. The summed E-state index contributed by atoms with van der Waals surface area (Å²) in [5.41, 5.74) is 5.46. The van der Waals surface area contributed by atoms with Gasteiger partial charge in [-0.3, -0.25) is 0 Å². The highest BCUT2D eigenvalue weighted by atomic mass is 19.1. The maximum Gasteiger partial charge on any atom is 0.172 e. The maximum atomic E-state index is 13.7. The predicted octanol–water partition coefficient (Wildman–Crippen LogP) is 2.35. The van der Waals surface area contributed by atoms with Crippen molar-refractivity contribution >= 4 is 5.82 Å². The van der Waals surface area contributed by atoms with Crippen molar-refractivity contribution in [2.45, 2.75) is 6.61 Å². The number of anilines is 1. The molecule has 0 saturated carbocycles. The Bertz CT molecular complexity index is 540. The van der Waals surface area contributed by atoms with Crippen LogP contribution in [0, 0.1) is 11.6 Å². The van der Waals surface area contributed by atoms with Gasteiger partial charge in [0.1, 0.15) is 11.6 Å². The highest BCUT2D eigenvalue weighted by molar-refractivity contribution is 5.61. The molecular formula is C11H10F2N2O2. The van der Waals surface area contributed by atoms with Crippen LogP contribution >= 0.6 is 0 Å². The molecule has 90 valence electrons. The molecule has 0 unspecified atom stereocenters. The molecule has 2 N–H and O–H groups in total. The normalized spacial score (nSPS) is 10.8. The molecule has 0 aliphatic heterocycles. The smallest absolute Gasteiger partial charge is 0.172 e. The summed E-state index contributed by atoms with van der Waals surface area (Å²) in [6.45, 7) is 0.00156. The van der Waals surface area contributed by atoms with E-state index in [1.165, 1.54) is 13.2 Å². The van der Waals surface area contributed by atoms with Gasteiger partial charge >= 0.3 is 0 Å². The summed E-state index contributed by atoms with van der Waals surface area (Å²) < 4.78 is 36.8. The van der Waals surface area contributed by atoms with Crippen molar-refractivity contribution in [2.24, 2.45) is 0 Å². The fourth-order valence-electron chi connectivity index (χ4n) is 1.46. The van der Waals surface area contributed by atoms with E-state index in [0.29, 0.717) is 0 Å². The second-order valence-corrected chi connectivity index (χ2v) is 3.47. The summed E-state index contributed by atoms with van der Waals surface area (Å²) in [7, 11) is 1.41. The largest absolute Gasteiger partial charge is 0.381 e. The molecule has 2 rings (SSSR count). The molecule has 0 amide bonds. The first kappa shape index (κ1) is 11.5. The van der Waals surface area contributed by atoms with Crippen LogP contribution in [0.3, 0.4) is 0 Å². The van der Waals surface area contributed by atoms with Crippen LogP contribution in [0.5, 0.6) is 0 Å². The quantitative estimate of drug-likeness (QED) is 0.894. The summed E-state index contributed by atoms with van der Waals surface area (Å²) in [4.78, 5) is 0. The number of rotatable bonds is 3. The Morgan fingerprint density at radius 1 is 1.29 bits per heavy atom. The third-order valence-corrected chi connectivity index (χ3v) is 2.23. The van der Waals surface area contributed by atoms with E-state index in [0.717, 1.165) is 12.1 Å². The molecular weight excluding hydrogens is 230 g/mol. The van der Waals surface area contributed by atoms with Crippen molar-refractivity contribution in [2.75, 3.05) is 12.8 Å². The molecule has 2 aromatic rings. The lowest BCUT2D eigenvalue weighted by Gasteiger charge is -2.05. The summed E-state index contributed by atoms with van der Waals surface area (Å²) in [6.07, 6.45) is 0. The van der Waals surface area contributed by atoms with E-state index in [1.54, 1.807) is 0 Å². The van der Waals surface area contributed by atoms with Gasteiger partial charge in [0.15, 0.2) is 11.6 Å². The van der Waals surface area contributed by atoms with Gasteiger partial charge < -0.3 is 15.0 Å². The molecule has 4 nitrogen and oxygen atoms in total. The number of benzene rings is 1. The van der Waals surface area contributed by atoms with Crippen LogP contribution in [-0.2, 0) is 11.3 Å². The highest BCUT2D eigenvalue weighted by Crippen LogP contribution is 2.27. The lowest BCUT2D eigenvalue weighted by Crippen LogP contribution is -1.96. The van der Waals surface area contributed by atoms with Crippen molar-refractivity contribution in [1.82, 2.24) is 5.16 Å². The van der Waals surface area contributed by atoms with Gasteiger partial charge in [-0.15, -0.1) is 0 Å². The van der Waals surface area contributed by atoms with Crippen LogP contribution < -0.4 is 5.73 Å². The number of hydrogen-bond acceptors (Lipinski definition) is 4. The van der Waals surface area contributed by atoms with Gasteiger partial charge in [-0.1, -0.05) is 5.16 Å². The van der Waals surface area contributed by atoms with Gasteiger partial charge in [0.2, 0.25) is 0 Å². The van der Waals surface area contributed by atoms with Gasteiger partial charge in [-0.2, -0.15) is 0 Å². The summed E-state index contributed by atoms with van der Waals surface area (Å²) >= 11 is 0. The van der Waals surface area contributed by atoms with E-state index in [1.807, 2.05) is 0 Å². The van der Waals surface area contributed by atoms with Crippen LogP contribution in [0.25, 0.3) is 11.3 Å². The van der Waals surface area contributed by atoms with Crippen LogP contribution in [0.2, 0.25) is 0 Å². The lowest BCUT2D eigenvalue weighted by atomic mass is 10.1. The molecule has 0 aliphatic carbocycles. The van der Waals surface area contributed by atoms with E-state index in [9.17, 15) is 8.78 Å². The standard InChI is InChI=1S/C11H10F2N2O2/c1-16-5-6-2-9(13)7(3-8(6)12)10-4-11(14)15-17-10/h2-4H,5H2,1H3,(H2,14,15). The molecule has 0 fully saturated rings. The number of ether oxygens (including phenoxy) is 1. The first-order valence-corrected chi connectivity index (χ1v) is 4.81. The average Bonchev–Trinajstić information content (AvgIpc) is 2.70. The number of nitrogen functional groups attached to an aromatic ring is 1. The zero-order valence-electron chi connectivity index (χ0n) is 9.04. The minimum atomic E-state index is -0.616. The van der Waals surface area contributed by atoms with E-state index in [2.05, 4.69) is 5.16 Å². The molecule has 0 atom stereocenters. The SMILES string of the molecule is COCc1cc(F)c(-c2cc(N)no2)cc1F. The summed E-state index contributed by atoms with van der Waals surface area (Å²) in [5.74, 6) is -0.989. The Morgan fingerprint density at radius 2 is 2.06 bits per heavy atom. The second-order valence-electron chi connectivity index (χ2n) is 3.47. The molecule has 0 bridgehead atoms. The Balaban J connectivity index is 2.46. The monoisotopic (exact) mass is 240 g/mol. The maximum absolute atomic E-state index is 13.7. The van der Waals surface area contributed by atoms with Crippen LogP contribution in [-0.4, -0.2) is 12.3 Å². The zero-order chi connectivity index (χ0) is 12.4. The Hall–Kier alpha value is -1.95. The fourth-order valence-corrected chi connectivity index (χ4v) is 1.46. The first-order valence-electron chi connectivity index (χ1n) is 4.81. The number of nitrogens with zero attached hydrogens (tertiary/aromatic N) is 1. The molecule has 1 aromatic heterocycles. The van der Waals surface area contributed by atoms with Crippen molar-refractivity contribution in [3.8, 4) is 11.3 Å². The lowest BCUT2D eigenvalue weighted by molar-refractivity contribution is 0.181. The molecule has 0 saturated heterocycles. The van der Waals surface area contributed by atoms with Gasteiger partial charge in [0, 0.05) is 18.7 Å². The van der Waals surface area contributed by atoms with E-state index < -0.39 is 11.6 Å². The molecule has 17 heavy (non-hydrogen) atoms. The Labute approximate surface area is 96.0 Å². The summed E-state index contributed by atoms with van der Waals surface area (Å²) in [6, 6.07) is 3.42. The topological polar surface area (TPSA) is 61.3 Å². The minimum Gasteiger partial charge on any atom is -0.381 e. The average molecular weight is 240 g/mol. The third kappa shape index (κ3) is 2.26. The van der Waals surface area contributed by atoms with E-state index in [-0.39, 0.29) is 29.3 Å². The van der Waals surface area contributed by atoms with Crippen molar-refractivity contribution < 1.29 is 18.0 Å². The van der Waals surface area contributed by atoms with Gasteiger partial charge in [-0.25, -0.2) is 8.78 Å². The number of hydrogen-bond donors (Lipinski definition) is 1. The predicted molar refractivity (Wildman–Crippen MR) is 57.0 cm³/mol. The van der Waals surface area contributed by atoms with Crippen molar-refractivity contribution in [1.29, 1.82) is 0 Å². The van der Waals surface area contributed by atoms with E-state index in [4.69, 9.17) is 15.0 Å². The fraction of sp³-hybridized carbons (Fsp3) is 0.182. The molecule has 1 aromatic carbocycles. The van der Waals surface area contributed by atoms with Gasteiger partial charge in [0.05, 0.1) is 12.2 Å². The number of halogens is 2.